The Morgan fingerprint density at radius 1 is 1.07 bits per heavy atom. The molecule has 0 unspecified atom stereocenters. The van der Waals surface area contributed by atoms with E-state index in [1.807, 2.05) is 0 Å². The largest absolute Gasteiger partial charge is 0.507 e. The van der Waals surface area contributed by atoms with E-state index in [1.54, 1.807) is 12.3 Å². The minimum atomic E-state index is -4.55. The number of phenols is 1. The van der Waals surface area contributed by atoms with E-state index in [0.717, 1.165) is 25.3 Å². The summed E-state index contributed by atoms with van der Waals surface area (Å²) in [4.78, 5) is 4.09. The van der Waals surface area contributed by atoms with Crippen LogP contribution in [-0.2, 0) is 6.18 Å². The van der Waals surface area contributed by atoms with E-state index >= 15 is 0 Å². The molecular formula is C20H19F3N4O2. The number of aliphatic hydroxyl groups is 1. The first-order chi connectivity index (χ1) is 13.8. The van der Waals surface area contributed by atoms with Crippen molar-refractivity contribution in [1.82, 2.24) is 15.2 Å². The molecule has 9 heteroatoms. The Hall–Kier alpha value is -2.94. The van der Waals surface area contributed by atoms with E-state index < -0.39 is 17.5 Å². The van der Waals surface area contributed by atoms with Crippen LogP contribution in [0.2, 0.25) is 0 Å². The van der Waals surface area contributed by atoms with Gasteiger partial charge in [0, 0.05) is 34.8 Å². The van der Waals surface area contributed by atoms with Gasteiger partial charge < -0.3 is 15.5 Å². The summed E-state index contributed by atoms with van der Waals surface area (Å²) in [6, 6.07) is 4.54. The lowest BCUT2D eigenvalue weighted by Crippen LogP contribution is -2.30. The lowest BCUT2D eigenvalue weighted by Gasteiger charge is -2.27. The molecule has 0 spiro atoms. The quantitative estimate of drug-likeness (QED) is 0.608. The first-order valence-electron chi connectivity index (χ1n) is 9.28. The van der Waals surface area contributed by atoms with Gasteiger partial charge in [-0.25, -0.2) is 0 Å². The summed E-state index contributed by atoms with van der Waals surface area (Å²) in [5.74, 6) is -0.0213. The Morgan fingerprint density at radius 2 is 1.90 bits per heavy atom. The van der Waals surface area contributed by atoms with Crippen LogP contribution in [0.1, 0.15) is 31.2 Å². The van der Waals surface area contributed by atoms with Crippen molar-refractivity contribution in [2.45, 2.75) is 44.0 Å². The number of fused-ring (bicyclic) bond motifs is 1. The molecule has 3 aromatic rings. The Kier molecular flexibility index (Phi) is 4.99. The summed E-state index contributed by atoms with van der Waals surface area (Å²) in [5, 5.41) is 33.0. The van der Waals surface area contributed by atoms with Gasteiger partial charge in [-0.15, -0.1) is 10.2 Å². The van der Waals surface area contributed by atoms with Gasteiger partial charge in [0.2, 0.25) is 0 Å². The number of hydrogen-bond acceptors (Lipinski definition) is 6. The molecule has 2 heterocycles. The number of phenolic OH excluding ortho intramolecular Hbond substituents is 1. The lowest BCUT2D eigenvalue weighted by atomic mass is 9.93. The number of rotatable bonds is 3. The highest BCUT2D eigenvalue weighted by Gasteiger charge is 2.31. The molecule has 0 radical (unpaired) electrons. The summed E-state index contributed by atoms with van der Waals surface area (Å²) < 4.78 is 38.6. The van der Waals surface area contributed by atoms with E-state index in [9.17, 15) is 23.4 Å². The minimum Gasteiger partial charge on any atom is -0.507 e. The van der Waals surface area contributed by atoms with Gasteiger partial charge in [-0.3, -0.25) is 4.98 Å². The number of alkyl halides is 3. The summed E-state index contributed by atoms with van der Waals surface area (Å²) in [5.41, 5.74) is -0.556. The normalized spacial score (nSPS) is 20.0. The first-order valence-corrected chi connectivity index (χ1v) is 9.28. The second-order valence-corrected chi connectivity index (χ2v) is 7.21. The molecule has 0 aliphatic heterocycles. The third-order valence-corrected chi connectivity index (χ3v) is 5.15. The third-order valence-electron chi connectivity index (χ3n) is 5.15. The number of aromatic nitrogens is 3. The summed E-state index contributed by atoms with van der Waals surface area (Å²) in [6.45, 7) is 0. The van der Waals surface area contributed by atoms with Crippen molar-refractivity contribution in [2.75, 3.05) is 5.32 Å². The van der Waals surface area contributed by atoms with Crippen LogP contribution in [0.3, 0.4) is 0 Å². The molecule has 4 rings (SSSR count). The number of nitrogens with zero attached hydrogens (tertiary/aromatic N) is 3. The molecule has 1 aliphatic rings. The maximum atomic E-state index is 12.9. The molecule has 0 saturated heterocycles. The summed E-state index contributed by atoms with van der Waals surface area (Å²) >= 11 is 0. The lowest BCUT2D eigenvalue weighted by molar-refractivity contribution is -0.137. The van der Waals surface area contributed by atoms with Gasteiger partial charge in [0.05, 0.1) is 11.7 Å². The highest BCUT2D eigenvalue weighted by atomic mass is 19.4. The fourth-order valence-electron chi connectivity index (χ4n) is 3.70. The van der Waals surface area contributed by atoms with Gasteiger partial charge in [0.15, 0.2) is 5.82 Å². The molecule has 1 aromatic carbocycles. The molecule has 152 valence electrons. The molecule has 6 nitrogen and oxygen atoms in total. The van der Waals surface area contributed by atoms with Gasteiger partial charge >= 0.3 is 6.18 Å². The zero-order valence-electron chi connectivity index (χ0n) is 15.3. The number of hydrogen-bond donors (Lipinski definition) is 3. The van der Waals surface area contributed by atoms with Crippen molar-refractivity contribution in [3.63, 3.8) is 0 Å². The third kappa shape index (κ3) is 3.95. The Labute approximate surface area is 164 Å². The van der Waals surface area contributed by atoms with Gasteiger partial charge in [-0.05, 0) is 49.9 Å². The molecular weight excluding hydrogens is 385 g/mol. The average molecular weight is 404 g/mol. The monoisotopic (exact) mass is 404 g/mol. The molecule has 2 aromatic heterocycles. The Balaban J connectivity index is 1.74. The number of nitrogens with one attached hydrogen (secondary N) is 1. The number of aliphatic hydroxyl groups excluding tert-OH is 1. The van der Waals surface area contributed by atoms with Gasteiger partial charge in [-0.2, -0.15) is 13.2 Å². The van der Waals surface area contributed by atoms with E-state index in [4.69, 9.17) is 0 Å². The smallest absolute Gasteiger partial charge is 0.416 e. The van der Waals surface area contributed by atoms with Crippen LogP contribution in [0, 0.1) is 0 Å². The topological polar surface area (TPSA) is 91.2 Å². The van der Waals surface area contributed by atoms with E-state index in [1.165, 1.54) is 12.3 Å². The summed E-state index contributed by atoms with van der Waals surface area (Å²) in [6.07, 6.45) is 1.40. The number of benzene rings is 1. The van der Waals surface area contributed by atoms with E-state index in [2.05, 4.69) is 20.5 Å². The van der Waals surface area contributed by atoms with Gasteiger partial charge in [0.1, 0.15) is 11.4 Å². The molecule has 1 fully saturated rings. The molecule has 1 aliphatic carbocycles. The highest BCUT2D eigenvalue weighted by Crippen LogP contribution is 2.38. The minimum absolute atomic E-state index is 0.0507. The number of halogens is 3. The van der Waals surface area contributed by atoms with Crippen molar-refractivity contribution in [3.8, 4) is 17.0 Å². The molecule has 2 atom stereocenters. The zero-order chi connectivity index (χ0) is 20.6. The van der Waals surface area contributed by atoms with Crippen LogP contribution < -0.4 is 5.32 Å². The van der Waals surface area contributed by atoms with Crippen LogP contribution in [0.15, 0.2) is 36.7 Å². The van der Waals surface area contributed by atoms with Crippen LogP contribution in [0.4, 0.5) is 19.0 Å². The van der Waals surface area contributed by atoms with Crippen LogP contribution in [0.5, 0.6) is 5.75 Å². The van der Waals surface area contributed by atoms with E-state index in [0.29, 0.717) is 29.1 Å². The van der Waals surface area contributed by atoms with Crippen LogP contribution >= 0.6 is 0 Å². The fraction of sp³-hybridized carbons (Fsp3) is 0.350. The number of anilines is 1. The van der Waals surface area contributed by atoms with Gasteiger partial charge in [0.25, 0.3) is 0 Å². The summed E-state index contributed by atoms with van der Waals surface area (Å²) in [7, 11) is 0. The standard InChI is InChI=1S/C20H19F3N4O2/c21-20(22,23)11-4-5-15(17(29)8-11)18-16-10-24-7-6-14(16)19(27-26-18)25-12-2-1-3-13(28)9-12/h4-8,10,12-13,28-29H,1-3,9H2,(H,25,27)/t12-,13+/m0/s1. The fourth-order valence-corrected chi connectivity index (χ4v) is 3.70. The maximum Gasteiger partial charge on any atom is 0.416 e. The molecule has 0 bridgehead atoms. The van der Waals surface area contributed by atoms with Gasteiger partial charge in [-0.1, -0.05) is 0 Å². The van der Waals surface area contributed by atoms with Crippen molar-refractivity contribution < 1.29 is 23.4 Å². The SMILES string of the molecule is Oc1cc(C(F)(F)F)ccc1-c1nnc(N[C@H]2CCC[C@@H](O)C2)c2ccncc12. The molecule has 29 heavy (non-hydrogen) atoms. The first kappa shape index (κ1) is 19.4. The Bertz CT molecular complexity index is 1040. The van der Waals surface area contributed by atoms with Crippen LogP contribution in [0.25, 0.3) is 22.0 Å². The Morgan fingerprint density at radius 3 is 2.62 bits per heavy atom. The number of aromatic hydroxyl groups is 1. The van der Waals surface area contributed by atoms with Crippen LogP contribution in [-0.4, -0.2) is 37.5 Å². The predicted octanol–water partition coefficient (Wildman–Crippen LogP) is 4.13. The zero-order valence-corrected chi connectivity index (χ0v) is 15.3. The molecule has 3 N–H and O–H groups in total. The highest BCUT2D eigenvalue weighted by molar-refractivity contribution is 6.00. The van der Waals surface area contributed by atoms with Crippen molar-refractivity contribution in [3.05, 3.63) is 42.2 Å². The second-order valence-electron chi connectivity index (χ2n) is 7.21. The van der Waals surface area contributed by atoms with Crippen molar-refractivity contribution in [1.29, 1.82) is 0 Å². The second kappa shape index (κ2) is 7.47. The molecule has 1 saturated carbocycles. The molecule has 0 amide bonds. The number of pyridine rings is 1. The van der Waals surface area contributed by atoms with Crippen molar-refractivity contribution >= 4 is 16.6 Å². The van der Waals surface area contributed by atoms with Crippen molar-refractivity contribution in [2.24, 2.45) is 0 Å². The maximum absolute atomic E-state index is 12.9. The predicted molar refractivity (Wildman–Crippen MR) is 101 cm³/mol. The average Bonchev–Trinajstić information content (AvgIpc) is 2.68. The van der Waals surface area contributed by atoms with E-state index in [-0.39, 0.29) is 23.4 Å².